The van der Waals surface area contributed by atoms with Crippen molar-refractivity contribution in [3.63, 3.8) is 0 Å². The van der Waals surface area contributed by atoms with Crippen molar-refractivity contribution in [2.75, 3.05) is 6.61 Å². The molecule has 2 unspecified atom stereocenters. The Morgan fingerprint density at radius 2 is 2.46 bits per heavy atom. The van der Waals surface area contributed by atoms with Gasteiger partial charge < -0.3 is 4.74 Å². The van der Waals surface area contributed by atoms with E-state index in [9.17, 15) is 4.79 Å². The molecule has 0 N–H and O–H groups in total. The van der Waals surface area contributed by atoms with E-state index in [-0.39, 0.29) is 11.9 Å². The number of Topliss-reactive ketones (excluding diaryl/α,β-unsaturated/α-hetero) is 1. The van der Waals surface area contributed by atoms with Crippen LogP contribution in [0.15, 0.2) is 12.7 Å². The van der Waals surface area contributed by atoms with Crippen LogP contribution in [0.2, 0.25) is 0 Å². The molecule has 0 aromatic carbocycles. The molecule has 2 heteroatoms. The van der Waals surface area contributed by atoms with Crippen molar-refractivity contribution in [1.29, 1.82) is 0 Å². The summed E-state index contributed by atoms with van der Waals surface area (Å²) in [6.07, 6.45) is 5.23. The highest BCUT2D eigenvalue weighted by molar-refractivity contribution is 5.83. The summed E-state index contributed by atoms with van der Waals surface area (Å²) >= 11 is 0. The third-order valence-corrected chi connectivity index (χ3v) is 2.54. The summed E-state index contributed by atoms with van der Waals surface area (Å²) in [7, 11) is 0. The predicted octanol–water partition coefficient (Wildman–Crippen LogP) is 2.34. The van der Waals surface area contributed by atoms with Crippen molar-refractivity contribution in [2.24, 2.45) is 5.92 Å². The van der Waals surface area contributed by atoms with E-state index >= 15 is 0 Å². The van der Waals surface area contributed by atoms with E-state index < -0.39 is 0 Å². The van der Waals surface area contributed by atoms with E-state index in [0.29, 0.717) is 12.3 Å². The Bertz CT molecular complexity index is 187. The van der Waals surface area contributed by atoms with Crippen molar-refractivity contribution in [3.05, 3.63) is 12.7 Å². The molecule has 0 amide bonds. The Labute approximate surface area is 80.0 Å². The summed E-state index contributed by atoms with van der Waals surface area (Å²) < 4.78 is 5.38. The summed E-state index contributed by atoms with van der Waals surface area (Å²) in [5.74, 6) is 0.683. The second kappa shape index (κ2) is 5.18. The van der Waals surface area contributed by atoms with Crippen LogP contribution in [0.5, 0.6) is 0 Å². The molecule has 1 heterocycles. The Kier molecular flexibility index (Phi) is 4.16. The molecule has 0 aromatic rings. The van der Waals surface area contributed by atoms with Gasteiger partial charge in [0.1, 0.15) is 6.10 Å². The summed E-state index contributed by atoms with van der Waals surface area (Å²) in [6.45, 7) is 6.46. The van der Waals surface area contributed by atoms with Crippen LogP contribution in [-0.4, -0.2) is 18.5 Å². The fourth-order valence-corrected chi connectivity index (χ4v) is 1.67. The number of allylic oxidation sites excluding steroid dienone is 1. The molecule has 1 fully saturated rings. The quantitative estimate of drug-likeness (QED) is 0.482. The van der Waals surface area contributed by atoms with Crippen molar-refractivity contribution in [2.45, 2.75) is 38.7 Å². The van der Waals surface area contributed by atoms with Crippen LogP contribution in [0.4, 0.5) is 0 Å². The fourth-order valence-electron chi connectivity index (χ4n) is 1.67. The van der Waals surface area contributed by atoms with Crippen LogP contribution < -0.4 is 0 Å². The molecule has 2 atom stereocenters. The van der Waals surface area contributed by atoms with E-state index in [1.54, 1.807) is 0 Å². The zero-order chi connectivity index (χ0) is 9.68. The number of rotatable bonds is 5. The second-order valence-corrected chi connectivity index (χ2v) is 3.70. The lowest BCUT2D eigenvalue weighted by Gasteiger charge is -2.12. The minimum absolute atomic E-state index is 0.121. The van der Waals surface area contributed by atoms with Crippen LogP contribution in [0, 0.1) is 5.92 Å². The molecule has 1 aliphatic rings. The van der Waals surface area contributed by atoms with Crippen LogP contribution in [-0.2, 0) is 9.53 Å². The number of hydrogen-bond acceptors (Lipinski definition) is 2. The maximum Gasteiger partial charge on any atom is 0.161 e. The zero-order valence-electron chi connectivity index (χ0n) is 8.29. The average Bonchev–Trinajstić information content (AvgIpc) is 2.52. The van der Waals surface area contributed by atoms with Gasteiger partial charge in [-0.05, 0) is 25.2 Å². The summed E-state index contributed by atoms with van der Waals surface area (Å²) in [5, 5.41) is 0. The first-order valence-corrected chi connectivity index (χ1v) is 5.01. The number of hydrogen-bond donors (Lipinski definition) is 0. The second-order valence-electron chi connectivity index (χ2n) is 3.70. The lowest BCUT2D eigenvalue weighted by molar-refractivity contribution is -0.129. The molecule has 0 aromatic heterocycles. The monoisotopic (exact) mass is 182 g/mol. The third kappa shape index (κ3) is 2.96. The van der Waals surface area contributed by atoms with Crippen LogP contribution in [0.1, 0.15) is 32.6 Å². The Balaban J connectivity index is 2.26. The molecule has 1 aliphatic heterocycles. The van der Waals surface area contributed by atoms with Gasteiger partial charge in [0.05, 0.1) is 0 Å². The molecular weight excluding hydrogens is 164 g/mol. The van der Waals surface area contributed by atoms with Crippen molar-refractivity contribution in [3.8, 4) is 0 Å². The lowest BCUT2D eigenvalue weighted by atomic mass is 9.98. The van der Waals surface area contributed by atoms with Gasteiger partial charge in [0.2, 0.25) is 0 Å². The first-order chi connectivity index (χ1) is 6.25. The Morgan fingerprint density at radius 3 is 3.00 bits per heavy atom. The standard InChI is InChI=1S/C11H18O2/c1-3-4-5-6-10(12)11-9(2)7-8-13-11/h3,9,11H,1,4-8H2,2H3. The lowest BCUT2D eigenvalue weighted by Crippen LogP contribution is -2.24. The predicted molar refractivity (Wildman–Crippen MR) is 52.6 cm³/mol. The van der Waals surface area contributed by atoms with Gasteiger partial charge in [-0.1, -0.05) is 13.0 Å². The van der Waals surface area contributed by atoms with Crippen LogP contribution in [0.25, 0.3) is 0 Å². The number of carbonyl (C=O) groups excluding carboxylic acids is 1. The molecule has 2 nitrogen and oxygen atoms in total. The van der Waals surface area contributed by atoms with E-state index in [0.717, 1.165) is 25.9 Å². The number of unbranched alkanes of at least 4 members (excludes halogenated alkanes) is 1. The topological polar surface area (TPSA) is 26.3 Å². The number of ether oxygens (including phenoxy) is 1. The fraction of sp³-hybridized carbons (Fsp3) is 0.727. The van der Waals surface area contributed by atoms with Crippen molar-refractivity contribution < 1.29 is 9.53 Å². The van der Waals surface area contributed by atoms with Gasteiger partial charge in [-0.2, -0.15) is 0 Å². The largest absolute Gasteiger partial charge is 0.370 e. The molecule has 13 heavy (non-hydrogen) atoms. The number of ketones is 1. The van der Waals surface area contributed by atoms with Crippen LogP contribution in [0.3, 0.4) is 0 Å². The Hall–Kier alpha value is -0.630. The molecule has 0 spiro atoms. The Morgan fingerprint density at radius 1 is 1.69 bits per heavy atom. The SMILES string of the molecule is C=CCCCC(=O)C1OCCC1C. The molecule has 0 radical (unpaired) electrons. The minimum Gasteiger partial charge on any atom is -0.370 e. The van der Waals surface area contributed by atoms with Gasteiger partial charge in [-0.3, -0.25) is 4.79 Å². The molecule has 0 saturated carbocycles. The van der Waals surface area contributed by atoms with Gasteiger partial charge in [-0.25, -0.2) is 0 Å². The molecule has 0 aliphatic carbocycles. The smallest absolute Gasteiger partial charge is 0.161 e. The summed E-state index contributed by atoms with van der Waals surface area (Å²) in [6, 6.07) is 0. The van der Waals surface area contributed by atoms with Gasteiger partial charge in [-0.15, -0.1) is 6.58 Å². The zero-order valence-corrected chi connectivity index (χ0v) is 8.29. The maximum atomic E-state index is 11.6. The normalized spacial score (nSPS) is 27.5. The van der Waals surface area contributed by atoms with Gasteiger partial charge in [0, 0.05) is 13.0 Å². The maximum absolute atomic E-state index is 11.6. The van der Waals surface area contributed by atoms with Gasteiger partial charge >= 0.3 is 0 Å². The van der Waals surface area contributed by atoms with E-state index in [1.807, 2.05) is 6.08 Å². The van der Waals surface area contributed by atoms with E-state index in [1.165, 1.54) is 0 Å². The highest BCUT2D eigenvalue weighted by Gasteiger charge is 2.29. The molecule has 0 bridgehead atoms. The molecule has 74 valence electrons. The molecular formula is C11H18O2. The first-order valence-electron chi connectivity index (χ1n) is 5.01. The van der Waals surface area contributed by atoms with Crippen LogP contribution >= 0.6 is 0 Å². The highest BCUT2D eigenvalue weighted by atomic mass is 16.5. The number of carbonyl (C=O) groups is 1. The molecule has 1 saturated heterocycles. The first kappa shape index (κ1) is 10.5. The van der Waals surface area contributed by atoms with Crippen molar-refractivity contribution in [1.82, 2.24) is 0 Å². The van der Waals surface area contributed by atoms with E-state index in [4.69, 9.17) is 4.74 Å². The minimum atomic E-state index is -0.121. The summed E-state index contributed by atoms with van der Waals surface area (Å²) in [4.78, 5) is 11.6. The van der Waals surface area contributed by atoms with Gasteiger partial charge in [0.25, 0.3) is 0 Å². The average molecular weight is 182 g/mol. The third-order valence-electron chi connectivity index (χ3n) is 2.54. The molecule has 1 rings (SSSR count). The van der Waals surface area contributed by atoms with Crippen molar-refractivity contribution >= 4 is 5.78 Å². The van der Waals surface area contributed by atoms with Gasteiger partial charge in [0.15, 0.2) is 5.78 Å². The van der Waals surface area contributed by atoms with E-state index in [2.05, 4.69) is 13.5 Å². The highest BCUT2D eigenvalue weighted by Crippen LogP contribution is 2.22. The summed E-state index contributed by atoms with van der Waals surface area (Å²) in [5.41, 5.74) is 0.